The van der Waals surface area contributed by atoms with Gasteiger partial charge in [-0.15, -0.1) is 0 Å². The molecule has 0 spiro atoms. The Kier molecular flexibility index (Phi) is 5.48. The Bertz CT molecular complexity index is 726. The van der Waals surface area contributed by atoms with E-state index < -0.39 is 0 Å². The lowest BCUT2D eigenvalue weighted by atomic mass is 10.1. The van der Waals surface area contributed by atoms with E-state index >= 15 is 0 Å². The Morgan fingerprint density at radius 1 is 1.44 bits per heavy atom. The first kappa shape index (κ1) is 17.6. The molecule has 1 saturated heterocycles. The fourth-order valence-corrected chi connectivity index (χ4v) is 3.20. The number of aryl methyl sites for hydroxylation is 1. The third-order valence-electron chi connectivity index (χ3n) is 4.45. The van der Waals surface area contributed by atoms with Crippen LogP contribution in [-0.2, 0) is 6.54 Å². The third kappa shape index (κ3) is 4.45. The molecule has 25 heavy (non-hydrogen) atoms. The summed E-state index contributed by atoms with van der Waals surface area (Å²) >= 11 is 0. The minimum absolute atomic E-state index is 0.0117. The maximum atomic E-state index is 12.3. The van der Waals surface area contributed by atoms with Gasteiger partial charge in [0.05, 0.1) is 6.04 Å². The van der Waals surface area contributed by atoms with Gasteiger partial charge in [-0.2, -0.15) is 4.98 Å². The van der Waals surface area contributed by atoms with Crippen molar-refractivity contribution in [3.63, 3.8) is 0 Å². The molecule has 1 amide bonds. The van der Waals surface area contributed by atoms with Crippen molar-refractivity contribution in [2.24, 2.45) is 5.92 Å². The second-order valence-corrected chi connectivity index (χ2v) is 7.10. The summed E-state index contributed by atoms with van der Waals surface area (Å²) in [4.78, 5) is 19.0. The van der Waals surface area contributed by atoms with Crippen LogP contribution in [0.4, 0.5) is 0 Å². The molecule has 0 aliphatic carbocycles. The van der Waals surface area contributed by atoms with E-state index in [9.17, 15) is 4.79 Å². The summed E-state index contributed by atoms with van der Waals surface area (Å²) in [6.45, 7) is 8.46. The molecular formula is C19H26N4O2. The fraction of sp³-hybridized carbons (Fsp3) is 0.526. The predicted molar refractivity (Wildman–Crippen MR) is 95.0 cm³/mol. The van der Waals surface area contributed by atoms with Crippen LogP contribution in [0.15, 0.2) is 28.8 Å². The average Bonchev–Trinajstić information content (AvgIpc) is 3.21. The van der Waals surface area contributed by atoms with E-state index in [0.717, 1.165) is 37.3 Å². The molecule has 0 radical (unpaired) electrons. The summed E-state index contributed by atoms with van der Waals surface area (Å²) in [6.07, 6.45) is 2.15. The lowest BCUT2D eigenvalue weighted by Gasteiger charge is -2.22. The molecule has 1 fully saturated rings. The van der Waals surface area contributed by atoms with E-state index in [4.69, 9.17) is 4.52 Å². The summed E-state index contributed by atoms with van der Waals surface area (Å²) < 4.78 is 5.13. The Labute approximate surface area is 148 Å². The minimum atomic E-state index is -0.0117. The number of benzene rings is 1. The normalized spacial score (nSPS) is 18.0. The van der Waals surface area contributed by atoms with Gasteiger partial charge < -0.3 is 9.84 Å². The van der Waals surface area contributed by atoms with Crippen LogP contribution in [0.2, 0.25) is 0 Å². The van der Waals surface area contributed by atoms with Crippen molar-refractivity contribution in [1.82, 2.24) is 20.4 Å². The lowest BCUT2D eigenvalue weighted by Crippen LogP contribution is -2.27. The van der Waals surface area contributed by atoms with E-state index in [-0.39, 0.29) is 11.9 Å². The van der Waals surface area contributed by atoms with E-state index in [2.05, 4.69) is 40.3 Å². The van der Waals surface area contributed by atoms with Crippen molar-refractivity contribution < 1.29 is 9.32 Å². The van der Waals surface area contributed by atoms with Crippen molar-refractivity contribution in [1.29, 1.82) is 0 Å². The molecule has 2 aromatic rings. The zero-order chi connectivity index (χ0) is 17.8. The van der Waals surface area contributed by atoms with Crippen LogP contribution < -0.4 is 5.32 Å². The molecule has 1 aliphatic rings. The third-order valence-corrected chi connectivity index (χ3v) is 4.45. The number of rotatable bonds is 6. The van der Waals surface area contributed by atoms with Crippen LogP contribution in [0.25, 0.3) is 0 Å². The van der Waals surface area contributed by atoms with Crippen LogP contribution in [0, 0.1) is 12.8 Å². The summed E-state index contributed by atoms with van der Waals surface area (Å²) in [5, 5.41) is 7.06. The zero-order valence-corrected chi connectivity index (χ0v) is 15.2. The van der Waals surface area contributed by atoms with Gasteiger partial charge >= 0.3 is 0 Å². The number of hydrogen-bond donors (Lipinski definition) is 1. The number of amides is 1. The monoisotopic (exact) mass is 342 g/mol. The largest absolute Gasteiger partial charge is 0.352 e. The van der Waals surface area contributed by atoms with Gasteiger partial charge in [0.15, 0.2) is 5.82 Å². The molecule has 3 rings (SSSR count). The smallest absolute Gasteiger partial charge is 0.251 e. The van der Waals surface area contributed by atoms with Gasteiger partial charge in [-0.3, -0.25) is 9.69 Å². The number of likely N-dealkylation sites (tertiary alicyclic amines) is 1. The lowest BCUT2D eigenvalue weighted by molar-refractivity contribution is 0.0949. The molecule has 6 heteroatoms. The van der Waals surface area contributed by atoms with Crippen molar-refractivity contribution in [3.05, 3.63) is 47.1 Å². The Morgan fingerprint density at radius 2 is 2.28 bits per heavy atom. The molecule has 1 aromatic heterocycles. The molecule has 1 aromatic carbocycles. The molecule has 1 atom stereocenters. The van der Waals surface area contributed by atoms with Gasteiger partial charge in [-0.05, 0) is 43.0 Å². The van der Waals surface area contributed by atoms with Crippen LogP contribution in [0.5, 0.6) is 0 Å². The second-order valence-electron chi connectivity index (χ2n) is 7.10. The molecule has 6 nitrogen and oxygen atoms in total. The summed E-state index contributed by atoms with van der Waals surface area (Å²) in [5.74, 6) is 1.80. The maximum absolute atomic E-state index is 12.3. The second kappa shape index (κ2) is 7.78. The summed E-state index contributed by atoms with van der Waals surface area (Å²) in [5.41, 5.74) is 1.84. The molecule has 134 valence electrons. The first-order valence-electron chi connectivity index (χ1n) is 8.94. The summed E-state index contributed by atoms with van der Waals surface area (Å²) in [6, 6.07) is 8.05. The Hall–Kier alpha value is -2.21. The topological polar surface area (TPSA) is 71.3 Å². The van der Waals surface area contributed by atoms with Crippen molar-refractivity contribution in [2.75, 3.05) is 13.1 Å². The highest BCUT2D eigenvalue weighted by Crippen LogP contribution is 2.31. The number of hydrogen-bond acceptors (Lipinski definition) is 5. The number of carbonyl (C=O) groups excluding carboxylic acids is 1. The van der Waals surface area contributed by atoms with Gasteiger partial charge in [0, 0.05) is 25.6 Å². The highest BCUT2D eigenvalue weighted by Gasteiger charge is 2.29. The summed E-state index contributed by atoms with van der Waals surface area (Å²) in [7, 11) is 0. The minimum Gasteiger partial charge on any atom is -0.352 e. The predicted octanol–water partition coefficient (Wildman–Crippen LogP) is 3.10. The SMILES string of the molecule is Cc1nc([C@H]2CCCN2Cc2cccc(C(=O)NCC(C)C)c2)no1. The van der Waals surface area contributed by atoms with Gasteiger partial charge in [0.1, 0.15) is 0 Å². The number of carbonyl (C=O) groups is 1. The Balaban J connectivity index is 1.68. The van der Waals surface area contributed by atoms with Crippen LogP contribution in [-0.4, -0.2) is 34.0 Å². The van der Waals surface area contributed by atoms with Gasteiger partial charge in [0.2, 0.25) is 5.89 Å². The highest BCUT2D eigenvalue weighted by molar-refractivity contribution is 5.94. The number of nitrogens with one attached hydrogen (secondary N) is 1. The number of nitrogens with zero attached hydrogens (tertiary/aromatic N) is 3. The van der Waals surface area contributed by atoms with Crippen LogP contribution in [0.1, 0.15) is 60.4 Å². The molecule has 0 saturated carbocycles. The fourth-order valence-electron chi connectivity index (χ4n) is 3.20. The maximum Gasteiger partial charge on any atom is 0.251 e. The molecule has 2 heterocycles. The van der Waals surface area contributed by atoms with Gasteiger partial charge in [-0.1, -0.05) is 31.1 Å². The van der Waals surface area contributed by atoms with Gasteiger partial charge in [-0.25, -0.2) is 0 Å². The first-order valence-corrected chi connectivity index (χ1v) is 8.94. The van der Waals surface area contributed by atoms with Crippen LogP contribution in [0.3, 0.4) is 0 Å². The first-order chi connectivity index (χ1) is 12.0. The van der Waals surface area contributed by atoms with Crippen molar-refractivity contribution >= 4 is 5.91 Å². The highest BCUT2D eigenvalue weighted by atomic mass is 16.5. The number of aromatic nitrogens is 2. The average molecular weight is 342 g/mol. The quantitative estimate of drug-likeness (QED) is 0.873. The molecule has 1 aliphatic heterocycles. The molecule has 1 N–H and O–H groups in total. The van der Waals surface area contributed by atoms with Crippen molar-refractivity contribution in [3.8, 4) is 0 Å². The zero-order valence-electron chi connectivity index (χ0n) is 15.2. The van der Waals surface area contributed by atoms with E-state index in [1.807, 2.05) is 25.1 Å². The molecule has 0 unspecified atom stereocenters. The van der Waals surface area contributed by atoms with E-state index in [1.54, 1.807) is 0 Å². The molecule has 0 bridgehead atoms. The van der Waals surface area contributed by atoms with E-state index in [1.165, 1.54) is 0 Å². The standard InChI is InChI=1S/C19H26N4O2/c1-13(2)11-20-19(24)16-7-4-6-15(10-16)12-23-9-5-8-17(23)18-21-14(3)25-22-18/h4,6-7,10,13,17H,5,8-9,11-12H2,1-3H3,(H,20,24)/t17-/m1/s1. The Morgan fingerprint density at radius 3 is 3.00 bits per heavy atom. The van der Waals surface area contributed by atoms with Crippen LogP contribution >= 0.6 is 0 Å². The molecular weight excluding hydrogens is 316 g/mol. The van der Waals surface area contributed by atoms with E-state index in [0.29, 0.717) is 23.9 Å². The van der Waals surface area contributed by atoms with Crippen molar-refractivity contribution in [2.45, 2.75) is 46.2 Å². The van der Waals surface area contributed by atoms with Gasteiger partial charge in [0.25, 0.3) is 5.91 Å².